The van der Waals surface area contributed by atoms with Crippen LogP contribution in [0.25, 0.3) is 31.4 Å². The van der Waals surface area contributed by atoms with E-state index in [0.717, 1.165) is 36.8 Å². The third-order valence-corrected chi connectivity index (χ3v) is 6.19. The first-order valence-corrected chi connectivity index (χ1v) is 9.39. The second-order valence-corrected chi connectivity index (χ2v) is 7.59. The van der Waals surface area contributed by atoms with E-state index in [1.165, 1.54) is 0 Å². The van der Waals surface area contributed by atoms with E-state index in [0.29, 0.717) is 11.0 Å². The SMILES string of the molecule is COc1cccc(-c2sc3nc(-c4cccs4)nc(Cl)c3c2C)c1. The number of hydrogen-bond donors (Lipinski definition) is 0. The maximum absolute atomic E-state index is 6.48. The summed E-state index contributed by atoms with van der Waals surface area (Å²) in [5, 5.41) is 3.45. The Morgan fingerprint density at radius 2 is 2.00 bits per heavy atom. The lowest BCUT2D eigenvalue weighted by molar-refractivity contribution is 0.415. The predicted octanol–water partition coefficient (Wildman–Crippen LogP) is 6.06. The van der Waals surface area contributed by atoms with Crippen LogP contribution in [0.1, 0.15) is 5.56 Å². The molecule has 0 N–H and O–H groups in total. The Hall–Kier alpha value is -1.95. The van der Waals surface area contributed by atoms with E-state index >= 15 is 0 Å². The van der Waals surface area contributed by atoms with Crippen LogP contribution in [0.5, 0.6) is 5.75 Å². The third-order valence-electron chi connectivity index (χ3n) is 3.82. The van der Waals surface area contributed by atoms with Gasteiger partial charge in [-0.25, -0.2) is 9.97 Å². The zero-order valence-corrected chi connectivity index (χ0v) is 15.4. The fraction of sp³-hybridized carbons (Fsp3) is 0.111. The number of aromatic nitrogens is 2. The second-order valence-electron chi connectivity index (χ2n) is 5.28. The summed E-state index contributed by atoms with van der Waals surface area (Å²) in [5.74, 6) is 1.52. The molecular weight excluding hydrogens is 360 g/mol. The quantitative estimate of drug-likeness (QED) is 0.410. The molecule has 0 aliphatic carbocycles. The van der Waals surface area contributed by atoms with E-state index < -0.39 is 0 Å². The van der Waals surface area contributed by atoms with Gasteiger partial charge in [0.15, 0.2) is 5.82 Å². The van der Waals surface area contributed by atoms with Crippen molar-refractivity contribution in [2.75, 3.05) is 7.11 Å². The van der Waals surface area contributed by atoms with Crippen LogP contribution in [0.4, 0.5) is 0 Å². The minimum atomic E-state index is 0.506. The molecule has 6 heteroatoms. The van der Waals surface area contributed by atoms with E-state index in [-0.39, 0.29) is 0 Å². The normalized spacial score (nSPS) is 11.1. The Morgan fingerprint density at radius 1 is 1.12 bits per heavy atom. The second kappa shape index (κ2) is 6.16. The molecule has 24 heavy (non-hydrogen) atoms. The summed E-state index contributed by atoms with van der Waals surface area (Å²) >= 11 is 9.72. The number of ether oxygens (including phenoxy) is 1. The molecule has 0 fully saturated rings. The fourth-order valence-electron chi connectivity index (χ4n) is 2.65. The van der Waals surface area contributed by atoms with Crippen molar-refractivity contribution in [1.29, 1.82) is 0 Å². The molecule has 0 unspecified atom stereocenters. The first-order valence-electron chi connectivity index (χ1n) is 7.32. The van der Waals surface area contributed by atoms with Gasteiger partial charge in [-0.3, -0.25) is 0 Å². The van der Waals surface area contributed by atoms with E-state index in [9.17, 15) is 0 Å². The summed E-state index contributed by atoms with van der Waals surface area (Å²) in [4.78, 5) is 12.3. The molecule has 1 aromatic carbocycles. The Labute approximate surface area is 152 Å². The van der Waals surface area contributed by atoms with Crippen molar-refractivity contribution >= 4 is 44.5 Å². The van der Waals surface area contributed by atoms with Crippen LogP contribution < -0.4 is 4.74 Å². The van der Waals surface area contributed by atoms with Crippen LogP contribution in [-0.4, -0.2) is 17.1 Å². The van der Waals surface area contributed by atoms with E-state index in [1.807, 2.05) is 35.7 Å². The van der Waals surface area contributed by atoms with Crippen LogP contribution >= 0.6 is 34.3 Å². The Bertz CT molecular complexity index is 1030. The largest absolute Gasteiger partial charge is 0.497 e. The molecule has 0 saturated heterocycles. The first kappa shape index (κ1) is 15.6. The number of hydrogen-bond acceptors (Lipinski definition) is 5. The van der Waals surface area contributed by atoms with Gasteiger partial charge in [0.25, 0.3) is 0 Å². The van der Waals surface area contributed by atoms with Gasteiger partial charge in [-0.05, 0) is 41.6 Å². The number of methoxy groups -OCH3 is 1. The molecule has 4 aromatic rings. The number of rotatable bonds is 3. The Balaban J connectivity index is 1.92. The minimum Gasteiger partial charge on any atom is -0.497 e. The molecule has 0 radical (unpaired) electrons. The highest BCUT2D eigenvalue weighted by Gasteiger charge is 2.17. The molecule has 0 aliphatic rings. The zero-order valence-electron chi connectivity index (χ0n) is 13.0. The summed E-state index contributed by atoms with van der Waals surface area (Å²) < 4.78 is 5.33. The summed E-state index contributed by atoms with van der Waals surface area (Å²) in [6, 6.07) is 12.0. The molecule has 0 aliphatic heterocycles. The van der Waals surface area contributed by atoms with Gasteiger partial charge in [0.2, 0.25) is 0 Å². The molecule has 0 amide bonds. The van der Waals surface area contributed by atoms with Gasteiger partial charge in [0.1, 0.15) is 15.7 Å². The third kappa shape index (κ3) is 2.59. The zero-order chi connectivity index (χ0) is 16.7. The van der Waals surface area contributed by atoms with Gasteiger partial charge in [-0.15, -0.1) is 22.7 Å². The molecule has 0 spiro atoms. The number of halogens is 1. The van der Waals surface area contributed by atoms with Gasteiger partial charge in [0.05, 0.1) is 17.4 Å². The molecule has 4 rings (SSSR count). The molecular formula is C18H13ClN2OS2. The van der Waals surface area contributed by atoms with Crippen molar-refractivity contribution in [1.82, 2.24) is 9.97 Å². The van der Waals surface area contributed by atoms with Crippen LogP contribution in [0.15, 0.2) is 41.8 Å². The topological polar surface area (TPSA) is 35.0 Å². The van der Waals surface area contributed by atoms with Gasteiger partial charge in [-0.1, -0.05) is 29.8 Å². The highest BCUT2D eigenvalue weighted by atomic mass is 35.5. The van der Waals surface area contributed by atoms with E-state index in [1.54, 1.807) is 29.8 Å². The average Bonchev–Trinajstić information content (AvgIpc) is 3.23. The predicted molar refractivity (Wildman–Crippen MR) is 102 cm³/mol. The molecule has 0 bridgehead atoms. The maximum Gasteiger partial charge on any atom is 0.172 e. The Kier molecular flexibility index (Phi) is 4.00. The van der Waals surface area contributed by atoms with Crippen molar-refractivity contribution in [2.45, 2.75) is 6.92 Å². The van der Waals surface area contributed by atoms with Crippen molar-refractivity contribution in [3.8, 4) is 26.9 Å². The summed E-state index contributed by atoms with van der Waals surface area (Å²) in [6.07, 6.45) is 0. The maximum atomic E-state index is 6.48. The molecule has 120 valence electrons. The van der Waals surface area contributed by atoms with Crippen LogP contribution in [0.3, 0.4) is 0 Å². The molecule has 0 saturated carbocycles. The molecule has 0 atom stereocenters. The van der Waals surface area contributed by atoms with Crippen molar-refractivity contribution in [3.63, 3.8) is 0 Å². The number of fused-ring (bicyclic) bond motifs is 1. The lowest BCUT2D eigenvalue weighted by Gasteiger charge is -2.03. The van der Waals surface area contributed by atoms with E-state index in [2.05, 4.69) is 18.0 Å². The van der Waals surface area contributed by atoms with Crippen molar-refractivity contribution < 1.29 is 4.74 Å². The number of thiophene rings is 2. The Morgan fingerprint density at radius 3 is 2.75 bits per heavy atom. The number of benzene rings is 1. The van der Waals surface area contributed by atoms with Gasteiger partial charge >= 0.3 is 0 Å². The monoisotopic (exact) mass is 372 g/mol. The standard InChI is InChI=1S/C18H13ClN2OS2/c1-10-14-16(19)20-17(13-7-4-8-23-13)21-18(14)24-15(10)11-5-3-6-12(9-11)22-2/h3-9H,1-2H3. The van der Waals surface area contributed by atoms with Crippen molar-refractivity contribution in [3.05, 3.63) is 52.5 Å². The minimum absolute atomic E-state index is 0.506. The number of aryl methyl sites for hydroxylation is 1. The van der Waals surface area contributed by atoms with Crippen LogP contribution in [0.2, 0.25) is 5.15 Å². The summed E-state index contributed by atoms with van der Waals surface area (Å²) in [7, 11) is 1.67. The highest BCUT2D eigenvalue weighted by molar-refractivity contribution is 7.22. The summed E-state index contributed by atoms with van der Waals surface area (Å²) in [6.45, 7) is 2.06. The molecule has 3 aromatic heterocycles. The average molecular weight is 373 g/mol. The van der Waals surface area contributed by atoms with Crippen LogP contribution in [0, 0.1) is 6.92 Å². The lowest BCUT2D eigenvalue weighted by Crippen LogP contribution is -1.88. The lowest BCUT2D eigenvalue weighted by atomic mass is 10.1. The fourth-order valence-corrected chi connectivity index (χ4v) is 4.85. The molecule has 3 nitrogen and oxygen atoms in total. The number of nitrogens with zero attached hydrogens (tertiary/aromatic N) is 2. The van der Waals surface area contributed by atoms with Crippen LogP contribution in [-0.2, 0) is 0 Å². The smallest absolute Gasteiger partial charge is 0.172 e. The van der Waals surface area contributed by atoms with Gasteiger partial charge in [0, 0.05) is 4.88 Å². The summed E-state index contributed by atoms with van der Waals surface area (Å²) in [5.41, 5.74) is 2.20. The highest BCUT2D eigenvalue weighted by Crippen LogP contribution is 2.41. The van der Waals surface area contributed by atoms with Gasteiger partial charge in [-0.2, -0.15) is 0 Å². The van der Waals surface area contributed by atoms with Crippen molar-refractivity contribution in [2.24, 2.45) is 0 Å². The van der Waals surface area contributed by atoms with Gasteiger partial charge < -0.3 is 4.74 Å². The first-order chi connectivity index (χ1) is 11.7. The van der Waals surface area contributed by atoms with E-state index in [4.69, 9.17) is 21.3 Å². The molecule has 3 heterocycles.